The Morgan fingerprint density at radius 2 is 1.77 bits per heavy atom. The molecule has 4 aromatic rings. The van der Waals surface area contributed by atoms with Gasteiger partial charge in [0.05, 0.1) is 31.1 Å². The molecule has 180 valence electrons. The van der Waals surface area contributed by atoms with Crippen molar-refractivity contribution in [2.75, 3.05) is 50.1 Å². The van der Waals surface area contributed by atoms with E-state index in [1.165, 1.54) is 0 Å². The van der Waals surface area contributed by atoms with Crippen LogP contribution in [0.5, 0.6) is 0 Å². The first kappa shape index (κ1) is 23.1. The van der Waals surface area contributed by atoms with Crippen LogP contribution in [0.15, 0.2) is 72.9 Å². The zero-order chi connectivity index (χ0) is 24.2. The van der Waals surface area contributed by atoms with E-state index in [-0.39, 0.29) is 12.5 Å². The van der Waals surface area contributed by atoms with Gasteiger partial charge in [0.2, 0.25) is 5.91 Å². The van der Waals surface area contributed by atoms with Crippen LogP contribution in [0.2, 0.25) is 0 Å². The topological polar surface area (TPSA) is 62.1 Å². The van der Waals surface area contributed by atoms with E-state index in [4.69, 9.17) is 9.72 Å². The van der Waals surface area contributed by atoms with Crippen LogP contribution in [-0.4, -0.2) is 60.1 Å². The number of aryl methyl sites for hydroxylation is 1. The maximum Gasteiger partial charge on any atom is 0.238 e. The van der Waals surface area contributed by atoms with Gasteiger partial charge < -0.3 is 19.4 Å². The van der Waals surface area contributed by atoms with Crippen molar-refractivity contribution in [3.63, 3.8) is 0 Å². The lowest BCUT2D eigenvalue weighted by molar-refractivity contribution is -0.117. The number of carbonyl (C=O) groups excluding carboxylic acids is 1. The predicted octanol–water partition coefficient (Wildman–Crippen LogP) is 4.22. The molecule has 0 bridgehead atoms. The maximum atomic E-state index is 12.8. The highest BCUT2D eigenvalue weighted by Crippen LogP contribution is 2.26. The minimum Gasteiger partial charge on any atom is -0.378 e. The second-order valence-electron chi connectivity index (χ2n) is 9.07. The van der Waals surface area contributed by atoms with Crippen LogP contribution in [0.4, 0.5) is 11.4 Å². The summed E-state index contributed by atoms with van der Waals surface area (Å²) in [5.41, 5.74) is 7.11. The molecule has 2 aromatic carbocycles. The third-order valence-corrected chi connectivity index (χ3v) is 6.27. The lowest BCUT2D eigenvalue weighted by Crippen LogP contribution is -2.36. The van der Waals surface area contributed by atoms with E-state index in [9.17, 15) is 4.79 Å². The summed E-state index contributed by atoms with van der Waals surface area (Å²) in [6, 6.07) is 22.3. The van der Waals surface area contributed by atoms with Gasteiger partial charge in [-0.05, 0) is 49.9 Å². The first-order valence-electron chi connectivity index (χ1n) is 12.0. The Kier molecular flexibility index (Phi) is 6.79. The molecule has 5 rings (SSSR count). The number of pyridine rings is 1. The van der Waals surface area contributed by atoms with Crippen molar-refractivity contribution in [1.29, 1.82) is 0 Å². The molecule has 7 nitrogen and oxygen atoms in total. The van der Waals surface area contributed by atoms with Crippen molar-refractivity contribution in [1.82, 2.24) is 14.3 Å². The quantitative estimate of drug-likeness (QED) is 0.439. The van der Waals surface area contributed by atoms with E-state index in [1.54, 1.807) is 0 Å². The predicted molar refractivity (Wildman–Crippen MR) is 140 cm³/mol. The number of benzene rings is 2. The van der Waals surface area contributed by atoms with Gasteiger partial charge in [0.1, 0.15) is 5.65 Å². The summed E-state index contributed by atoms with van der Waals surface area (Å²) in [5.74, 6) is -0.0436. The fourth-order valence-electron chi connectivity index (χ4n) is 4.51. The standard InChI is InChI=1S/C28H31N5O2/c1-21-8-13-26-30-28(22-6-4-3-5-7-22)25(33(26)18-21)19-31(2)20-27(34)29-23-9-11-24(12-10-23)32-14-16-35-17-15-32/h3-13,18H,14-17,19-20H2,1-2H3,(H,29,34). The first-order valence-corrected chi connectivity index (χ1v) is 12.0. The number of nitrogens with zero attached hydrogens (tertiary/aromatic N) is 4. The van der Waals surface area contributed by atoms with Gasteiger partial charge in [0, 0.05) is 42.8 Å². The molecule has 1 saturated heterocycles. The highest BCUT2D eigenvalue weighted by atomic mass is 16.5. The fraction of sp³-hybridized carbons (Fsp3) is 0.286. The average molecular weight is 470 g/mol. The number of morpholine rings is 1. The Morgan fingerprint density at radius 3 is 2.51 bits per heavy atom. The van der Waals surface area contributed by atoms with Crippen LogP contribution < -0.4 is 10.2 Å². The summed E-state index contributed by atoms with van der Waals surface area (Å²) in [7, 11) is 1.96. The number of ether oxygens (including phenoxy) is 1. The van der Waals surface area contributed by atoms with E-state index in [0.29, 0.717) is 6.54 Å². The maximum absolute atomic E-state index is 12.8. The van der Waals surface area contributed by atoms with Gasteiger partial charge in [-0.1, -0.05) is 36.4 Å². The van der Waals surface area contributed by atoms with Crippen molar-refractivity contribution in [3.05, 3.63) is 84.2 Å². The van der Waals surface area contributed by atoms with Crippen LogP contribution in [0.3, 0.4) is 0 Å². The van der Waals surface area contributed by atoms with E-state index in [1.807, 2.05) is 48.3 Å². The number of rotatable bonds is 7. The van der Waals surface area contributed by atoms with Gasteiger partial charge in [-0.15, -0.1) is 0 Å². The minimum absolute atomic E-state index is 0.0436. The molecule has 0 atom stereocenters. The lowest BCUT2D eigenvalue weighted by Gasteiger charge is -2.28. The number of carbonyl (C=O) groups is 1. The van der Waals surface area contributed by atoms with Gasteiger partial charge in [0.15, 0.2) is 0 Å². The molecule has 1 fully saturated rings. The number of hydrogen-bond donors (Lipinski definition) is 1. The Balaban J connectivity index is 1.27. The molecule has 35 heavy (non-hydrogen) atoms. The number of imidazole rings is 1. The summed E-state index contributed by atoms with van der Waals surface area (Å²) >= 11 is 0. The van der Waals surface area contributed by atoms with Crippen molar-refractivity contribution in [2.45, 2.75) is 13.5 Å². The summed E-state index contributed by atoms with van der Waals surface area (Å²) in [6.07, 6.45) is 2.11. The van der Waals surface area contributed by atoms with E-state index < -0.39 is 0 Å². The second kappa shape index (κ2) is 10.3. The molecule has 1 aliphatic heterocycles. The van der Waals surface area contributed by atoms with Crippen LogP contribution in [0.1, 0.15) is 11.3 Å². The van der Waals surface area contributed by atoms with E-state index in [2.05, 4.69) is 58.1 Å². The molecule has 1 amide bonds. The zero-order valence-electron chi connectivity index (χ0n) is 20.3. The highest BCUT2D eigenvalue weighted by Gasteiger charge is 2.17. The number of anilines is 2. The van der Waals surface area contributed by atoms with Gasteiger partial charge >= 0.3 is 0 Å². The van der Waals surface area contributed by atoms with Gasteiger partial charge in [-0.3, -0.25) is 9.69 Å². The minimum atomic E-state index is -0.0436. The largest absolute Gasteiger partial charge is 0.378 e. The van der Waals surface area contributed by atoms with Crippen molar-refractivity contribution < 1.29 is 9.53 Å². The van der Waals surface area contributed by atoms with Crippen LogP contribution in [0.25, 0.3) is 16.9 Å². The molecule has 1 aliphatic rings. The summed E-state index contributed by atoms with van der Waals surface area (Å²) in [5, 5.41) is 3.03. The molecule has 7 heteroatoms. The number of likely N-dealkylation sites (N-methyl/N-ethyl adjacent to an activating group) is 1. The smallest absolute Gasteiger partial charge is 0.238 e. The SMILES string of the molecule is Cc1ccc2nc(-c3ccccc3)c(CN(C)CC(=O)Nc3ccc(N4CCOCC4)cc3)n2c1. The molecule has 2 aromatic heterocycles. The molecule has 0 aliphatic carbocycles. The number of nitrogens with one attached hydrogen (secondary N) is 1. The normalized spacial score (nSPS) is 14.0. The van der Waals surface area contributed by atoms with Gasteiger partial charge in [-0.25, -0.2) is 4.98 Å². The summed E-state index contributed by atoms with van der Waals surface area (Å²) in [4.78, 5) is 22.0. The van der Waals surface area contributed by atoms with E-state index >= 15 is 0 Å². The molecule has 0 unspecified atom stereocenters. The van der Waals surface area contributed by atoms with Crippen molar-refractivity contribution in [3.8, 4) is 11.3 Å². The lowest BCUT2D eigenvalue weighted by atomic mass is 10.1. The van der Waals surface area contributed by atoms with Crippen molar-refractivity contribution >= 4 is 22.9 Å². The Labute approximate surface area is 206 Å². The molecule has 0 spiro atoms. The average Bonchev–Trinajstić information content (AvgIpc) is 3.22. The van der Waals surface area contributed by atoms with E-state index in [0.717, 1.165) is 65.8 Å². The Hall–Kier alpha value is -3.68. The first-order chi connectivity index (χ1) is 17.1. The molecular formula is C28H31N5O2. The Bertz CT molecular complexity index is 1290. The molecular weight excluding hydrogens is 438 g/mol. The summed E-state index contributed by atoms with van der Waals surface area (Å²) in [6.45, 7) is 6.24. The van der Waals surface area contributed by atoms with Gasteiger partial charge in [0.25, 0.3) is 0 Å². The number of aromatic nitrogens is 2. The van der Waals surface area contributed by atoms with Crippen LogP contribution in [0, 0.1) is 6.92 Å². The molecule has 0 radical (unpaired) electrons. The third kappa shape index (κ3) is 5.37. The third-order valence-electron chi connectivity index (χ3n) is 6.27. The zero-order valence-corrected chi connectivity index (χ0v) is 20.3. The highest BCUT2D eigenvalue weighted by molar-refractivity contribution is 5.92. The van der Waals surface area contributed by atoms with Crippen LogP contribution >= 0.6 is 0 Å². The molecule has 0 saturated carbocycles. The number of hydrogen-bond acceptors (Lipinski definition) is 5. The van der Waals surface area contributed by atoms with Crippen molar-refractivity contribution in [2.24, 2.45) is 0 Å². The monoisotopic (exact) mass is 469 g/mol. The number of fused-ring (bicyclic) bond motifs is 1. The number of amides is 1. The van der Waals surface area contributed by atoms with Gasteiger partial charge in [-0.2, -0.15) is 0 Å². The summed E-state index contributed by atoms with van der Waals surface area (Å²) < 4.78 is 7.56. The molecule has 1 N–H and O–H groups in total. The fourth-order valence-corrected chi connectivity index (χ4v) is 4.51. The Morgan fingerprint density at radius 1 is 1.03 bits per heavy atom. The second-order valence-corrected chi connectivity index (χ2v) is 9.07. The molecule has 3 heterocycles. The van der Waals surface area contributed by atoms with Crippen LogP contribution in [-0.2, 0) is 16.1 Å².